The lowest BCUT2D eigenvalue weighted by Crippen LogP contribution is -2.23. The zero-order valence-electron chi connectivity index (χ0n) is 13.2. The predicted octanol–water partition coefficient (Wildman–Crippen LogP) is 4.38. The lowest BCUT2D eigenvalue weighted by atomic mass is 9.95. The molecule has 1 heterocycles. The van der Waals surface area contributed by atoms with E-state index >= 15 is 0 Å². The summed E-state index contributed by atoms with van der Waals surface area (Å²) in [6, 6.07) is 13.0. The van der Waals surface area contributed by atoms with Crippen molar-refractivity contribution in [2.45, 2.75) is 45.1 Å². The summed E-state index contributed by atoms with van der Waals surface area (Å²) in [5, 5.41) is 3.57. The molecule has 0 spiro atoms. The van der Waals surface area contributed by atoms with Gasteiger partial charge in [-0.15, -0.1) is 0 Å². The van der Waals surface area contributed by atoms with Crippen molar-refractivity contribution in [1.29, 1.82) is 0 Å². The third-order valence-corrected chi connectivity index (χ3v) is 4.27. The molecule has 0 unspecified atom stereocenters. The average Bonchev–Trinajstić information content (AvgIpc) is 2.58. The van der Waals surface area contributed by atoms with Crippen molar-refractivity contribution in [2.24, 2.45) is 0 Å². The van der Waals surface area contributed by atoms with E-state index in [0.717, 1.165) is 23.9 Å². The predicted molar refractivity (Wildman–Crippen MR) is 91.6 cm³/mol. The maximum atomic E-state index is 4.45. The van der Waals surface area contributed by atoms with E-state index in [1.165, 1.54) is 32.1 Å². The van der Waals surface area contributed by atoms with Crippen molar-refractivity contribution in [2.75, 3.05) is 16.8 Å². The molecule has 0 bridgehead atoms. The Morgan fingerprint density at radius 2 is 1.86 bits per heavy atom. The van der Waals surface area contributed by atoms with E-state index in [2.05, 4.69) is 57.4 Å². The summed E-state index contributed by atoms with van der Waals surface area (Å²) in [6.45, 7) is 3.02. The van der Waals surface area contributed by atoms with Crippen molar-refractivity contribution in [3.63, 3.8) is 0 Å². The minimum Gasteiger partial charge on any atom is -0.367 e. The Kier molecular flexibility index (Phi) is 4.88. The third-order valence-electron chi connectivity index (χ3n) is 4.27. The monoisotopic (exact) mass is 296 g/mol. The average molecular weight is 296 g/mol. The first-order chi connectivity index (χ1) is 10.9. The molecule has 1 aromatic carbocycles. The summed E-state index contributed by atoms with van der Waals surface area (Å²) >= 11 is 0. The largest absolute Gasteiger partial charge is 0.367 e. The van der Waals surface area contributed by atoms with Gasteiger partial charge in [-0.3, -0.25) is 0 Å². The topological polar surface area (TPSA) is 41.0 Å². The molecule has 0 saturated heterocycles. The second-order valence-electron chi connectivity index (χ2n) is 5.82. The summed E-state index contributed by atoms with van der Waals surface area (Å²) in [6.07, 6.45) is 8.16. The Hall–Kier alpha value is -2.10. The van der Waals surface area contributed by atoms with Crippen LogP contribution in [0.3, 0.4) is 0 Å². The van der Waals surface area contributed by atoms with E-state index in [1.54, 1.807) is 6.33 Å². The van der Waals surface area contributed by atoms with E-state index in [1.807, 2.05) is 6.07 Å². The Morgan fingerprint density at radius 1 is 1.09 bits per heavy atom. The molecule has 1 fully saturated rings. The van der Waals surface area contributed by atoms with Crippen molar-refractivity contribution in [3.8, 4) is 0 Å². The highest BCUT2D eigenvalue weighted by molar-refractivity contribution is 5.62. The van der Waals surface area contributed by atoms with Crippen LogP contribution in [0.4, 0.5) is 17.3 Å². The molecular weight excluding hydrogens is 272 g/mol. The number of nitrogens with one attached hydrogen (secondary N) is 1. The highest BCUT2D eigenvalue weighted by atomic mass is 15.2. The van der Waals surface area contributed by atoms with Gasteiger partial charge in [-0.25, -0.2) is 9.97 Å². The standard InChI is InChI=1S/C18H24N4/c1-2-22(16-11-7-4-8-12-16)18-13-17(19-14-20-18)21-15-9-5-3-6-10-15/h4,7-8,11-15H,2-3,5-6,9-10H2,1H3,(H,19,20,21). The van der Waals surface area contributed by atoms with Crippen molar-refractivity contribution in [3.05, 3.63) is 42.7 Å². The van der Waals surface area contributed by atoms with E-state index in [9.17, 15) is 0 Å². The zero-order valence-corrected chi connectivity index (χ0v) is 13.2. The van der Waals surface area contributed by atoms with Crippen LogP contribution in [0.5, 0.6) is 0 Å². The van der Waals surface area contributed by atoms with Crippen LogP contribution in [0, 0.1) is 0 Å². The molecule has 0 amide bonds. The van der Waals surface area contributed by atoms with Gasteiger partial charge in [0.1, 0.15) is 18.0 Å². The molecule has 0 radical (unpaired) electrons. The second-order valence-corrected chi connectivity index (χ2v) is 5.82. The third kappa shape index (κ3) is 3.56. The van der Waals surface area contributed by atoms with Crippen molar-refractivity contribution >= 4 is 17.3 Å². The van der Waals surface area contributed by atoms with Crippen LogP contribution in [0.25, 0.3) is 0 Å². The van der Waals surface area contributed by atoms with Gasteiger partial charge in [0.05, 0.1) is 0 Å². The Bertz CT molecular complexity index is 579. The highest BCUT2D eigenvalue weighted by Gasteiger charge is 2.15. The number of hydrogen-bond acceptors (Lipinski definition) is 4. The zero-order chi connectivity index (χ0) is 15.2. The van der Waals surface area contributed by atoms with Gasteiger partial charge in [0.2, 0.25) is 0 Å². The molecule has 4 nitrogen and oxygen atoms in total. The van der Waals surface area contributed by atoms with Gasteiger partial charge >= 0.3 is 0 Å². The SMILES string of the molecule is CCN(c1ccccc1)c1cc(NC2CCCCC2)ncn1. The van der Waals surface area contributed by atoms with Crippen LogP contribution in [-0.4, -0.2) is 22.6 Å². The molecule has 22 heavy (non-hydrogen) atoms. The Labute approximate surface area is 132 Å². The number of para-hydroxylation sites is 1. The smallest absolute Gasteiger partial charge is 0.138 e. The lowest BCUT2D eigenvalue weighted by Gasteiger charge is -2.25. The van der Waals surface area contributed by atoms with Crippen LogP contribution in [0.15, 0.2) is 42.7 Å². The van der Waals surface area contributed by atoms with Crippen LogP contribution in [0.2, 0.25) is 0 Å². The number of hydrogen-bond donors (Lipinski definition) is 1. The first-order valence-electron chi connectivity index (χ1n) is 8.28. The minimum atomic E-state index is 0.559. The maximum absolute atomic E-state index is 4.45. The normalized spacial score (nSPS) is 15.5. The summed E-state index contributed by atoms with van der Waals surface area (Å²) in [4.78, 5) is 11.1. The first-order valence-corrected chi connectivity index (χ1v) is 8.28. The van der Waals surface area contributed by atoms with Crippen LogP contribution < -0.4 is 10.2 Å². The van der Waals surface area contributed by atoms with Gasteiger partial charge in [-0.05, 0) is 31.9 Å². The van der Waals surface area contributed by atoms with Crippen LogP contribution >= 0.6 is 0 Å². The van der Waals surface area contributed by atoms with E-state index in [4.69, 9.17) is 0 Å². The minimum absolute atomic E-state index is 0.559. The number of rotatable bonds is 5. The van der Waals surface area contributed by atoms with Crippen molar-refractivity contribution in [1.82, 2.24) is 9.97 Å². The van der Waals surface area contributed by atoms with Gasteiger partial charge in [0.25, 0.3) is 0 Å². The van der Waals surface area contributed by atoms with Crippen molar-refractivity contribution < 1.29 is 0 Å². The Morgan fingerprint density at radius 3 is 2.59 bits per heavy atom. The van der Waals surface area contributed by atoms with E-state index in [0.29, 0.717) is 6.04 Å². The summed E-state index contributed by atoms with van der Waals surface area (Å²) in [5.41, 5.74) is 1.16. The van der Waals surface area contributed by atoms with Gasteiger partial charge in [-0.2, -0.15) is 0 Å². The van der Waals surface area contributed by atoms with Gasteiger partial charge in [-0.1, -0.05) is 37.5 Å². The van der Waals surface area contributed by atoms with Gasteiger partial charge in [0, 0.05) is 24.3 Å². The van der Waals surface area contributed by atoms with Gasteiger partial charge in [0.15, 0.2) is 0 Å². The molecule has 1 aromatic heterocycles. The summed E-state index contributed by atoms with van der Waals surface area (Å²) < 4.78 is 0. The number of nitrogens with zero attached hydrogens (tertiary/aromatic N) is 3. The molecule has 3 rings (SSSR count). The highest BCUT2D eigenvalue weighted by Crippen LogP contribution is 2.25. The van der Waals surface area contributed by atoms with E-state index in [-0.39, 0.29) is 0 Å². The fraction of sp³-hybridized carbons (Fsp3) is 0.444. The number of aromatic nitrogens is 2. The summed E-state index contributed by atoms with van der Waals surface area (Å²) in [7, 11) is 0. The van der Waals surface area contributed by atoms with E-state index < -0.39 is 0 Å². The molecule has 0 aliphatic heterocycles. The molecule has 2 aromatic rings. The summed E-state index contributed by atoms with van der Waals surface area (Å²) in [5.74, 6) is 1.88. The molecule has 1 aliphatic rings. The first kappa shape index (κ1) is 14.8. The Balaban J connectivity index is 1.77. The fourth-order valence-electron chi connectivity index (χ4n) is 3.11. The lowest BCUT2D eigenvalue weighted by molar-refractivity contribution is 0.462. The second kappa shape index (κ2) is 7.25. The van der Waals surface area contributed by atoms with Crippen LogP contribution in [0.1, 0.15) is 39.0 Å². The maximum Gasteiger partial charge on any atom is 0.138 e. The number of benzene rings is 1. The quantitative estimate of drug-likeness (QED) is 0.889. The number of anilines is 3. The molecule has 0 atom stereocenters. The molecular formula is C18H24N4. The molecule has 1 saturated carbocycles. The van der Waals surface area contributed by atoms with Gasteiger partial charge < -0.3 is 10.2 Å². The molecule has 116 valence electrons. The molecule has 4 heteroatoms. The van der Waals surface area contributed by atoms with Crippen LogP contribution in [-0.2, 0) is 0 Å². The molecule has 1 aliphatic carbocycles. The fourth-order valence-corrected chi connectivity index (χ4v) is 3.11. The molecule has 1 N–H and O–H groups in total.